The van der Waals surface area contributed by atoms with Crippen molar-refractivity contribution in [3.05, 3.63) is 29.7 Å². The molecule has 2 aliphatic rings. The molecule has 6 heteroatoms. The molecule has 2 bridgehead atoms. The fraction of sp³-hybridized carbons (Fsp3) is 0.571. The average molecular weight is 370 g/mol. The van der Waals surface area contributed by atoms with Crippen molar-refractivity contribution in [3.8, 4) is 0 Å². The summed E-state index contributed by atoms with van der Waals surface area (Å²) in [5.74, 6) is 0.670. The van der Waals surface area contributed by atoms with E-state index < -0.39 is 5.60 Å². The van der Waals surface area contributed by atoms with Crippen molar-refractivity contribution in [1.29, 1.82) is 0 Å². The standard InChI is InChI=1S/C21H26N2O4/c1-12-22-17-11-13(5-8-18(17)26-12)19(24)14-9-15-6-7-16(10-14)23(15)20(25)27-21(2,3)4/h5,8,11,14-16H,6-7,9-10H2,1-4H3. The second kappa shape index (κ2) is 6.36. The number of piperidine rings is 1. The number of ketones is 1. The molecule has 0 N–H and O–H groups in total. The minimum absolute atomic E-state index is 0.0633. The lowest BCUT2D eigenvalue weighted by molar-refractivity contribution is 0.00254. The number of hydrogen-bond acceptors (Lipinski definition) is 5. The predicted octanol–water partition coefficient (Wildman–Crippen LogP) is 4.50. The summed E-state index contributed by atoms with van der Waals surface area (Å²) in [5.41, 5.74) is 1.58. The van der Waals surface area contributed by atoms with Crippen LogP contribution in [-0.2, 0) is 4.74 Å². The molecule has 4 rings (SSSR count). The van der Waals surface area contributed by atoms with Gasteiger partial charge in [-0.25, -0.2) is 9.78 Å². The van der Waals surface area contributed by atoms with Crippen LogP contribution >= 0.6 is 0 Å². The van der Waals surface area contributed by atoms with Crippen molar-refractivity contribution in [2.45, 2.75) is 71.1 Å². The largest absolute Gasteiger partial charge is 0.444 e. The van der Waals surface area contributed by atoms with Crippen LogP contribution in [0.1, 0.15) is 62.7 Å². The molecule has 1 aromatic carbocycles. The monoisotopic (exact) mass is 370 g/mol. The van der Waals surface area contributed by atoms with Crippen molar-refractivity contribution in [3.63, 3.8) is 0 Å². The molecular formula is C21H26N2O4. The van der Waals surface area contributed by atoms with Gasteiger partial charge in [-0.3, -0.25) is 4.79 Å². The molecule has 1 amide bonds. The first-order valence-corrected chi connectivity index (χ1v) is 9.64. The minimum Gasteiger partial charge on any atom is -0.444 e. The van der Waals surface area contributed by atoms with Gasteiger partial charge in [0.2, 0.25) is 0 Å². The van der Waals surface area contributed by atoms with Crippen LogP contribution in [0.25, 0.3) is 11.1 Å². The lowest BCUT2D eigenvalue weighted by Gasteiger charge is -2.39. The minimum atomic E-state index is -0.506. The number of rotatable bonds is 2. The molecule has 6 nitrogen and oxygen atoms in total. The summed E-state index contributed by atoms with van der Waals surface area (Å²) in [7, 11) is 0. The SMILES string of the molecule is Cc1nc2cc(C(=O)C3CC4CCC(C3)N4C(=O)OC(C)(C)C)ccc2o1. The number of ether oxygens (including phenoxy) is 1. The summed E-state index contributed by atoms with van der Waals surface area (Å²) in [5, 5.41) is 0. The van der Waals surface area contributed by atoms with Gasteiger partial charge in [-0.2, -0.15) is 0 Å². The quantitative estimate of drug-likeness (QED) is 0.728. The van der Waals surface area contributed by atoms with Crippen molar-refractivity contribution in [2.75, 3.05) is 0 Å². The van der Waals surface area contributed by atoms with E-state index in [4.69, 9.17) is 9.15 Å². The van der Waals surface area contributed by atoms with Gasteiger partial charge in [0.25, 0.3) is 0 Å². The summed E-state index contributed by atoms with van der Waals surface area (Å²) >= 11 is 0. The van der Waals surface area contributed by atoms with Crippen LogP contribution in [-0.4, -0.2) is 39.4 Å². The first kappa shape index (κ1) is 18.0. The van der Waals surface area contributed by atoms with Crippen molar-refractivity contribution in [2.24, 2.45) is 5.92 Å². The third-order valence-electron chi connectivity index (χ3n) is 5.49. The average Bonchev–Trinajstić information content (AvgIpc) is 3.07. The summed E-state index contributed by atoms with van der Waals surface area (Å²) in [6.45, 7) is 7.44. The highest BCUT2D eigenvalue weighted by Crippen LogP contribution is 2.40. The first-order chi connectivity index (χ1) is 12.7. The molecule has 0 spiro atoms. The van der Waals surface area contributed by atoms with E-state index in [2.05, 4.69) is 4.98 Å². The summed E-state index contributed by atoms with van der Waals surface area (Å²) in [6, 6.07) is 5.62. The molecule has 2 atom stereocenters. The Balaban J connectivity index is 1.50. The molecule has 1 aromatic heterocycles. The number of oxazole rings is 1. The van der Waals surface area contributed by atoms with Gasteiger partial charge in [0.1, 0.15) is 11.1 Å². The second-order valence-electron chi connectivity index (χ2n) is 8.72. The van der Waals surface area contributed by atoms with E-state index in [-0.39, 0.29) is 29.9 Å². The summed E-state index contributed by atoms with van der Waals surface area (Å²) in [4.78, 5) is 31.9. The third-order valence-corrected chi connectivity index (χ3v) is 5.49. The number of aromatic nitrogens is 1. The van der Waals surface area contributed by atoms with E-state index in [1.54, 1.807) is 6.92 Å². The Labute approximate surface area is 158 Å². The molecule has 0 radical (unpaired) electrons. The highest BCUT2D eigenvalue weighted by Gasteiger charge is 2.46. The van der Waals surface area contributed by atoms with Gasteiger partial charge < -0.3 is 14.1 Å². The lowest BCUT2D eigenvalue weighted by Crippen LogP contribution is -2.49. The van der Waals surface area contributed by atoms with Crippen LogP contribution in [0.5, 0.6) is 0 Å². The number of fused-ring (bicyclic) bond motifs is 3. The van der Waals surface area contributed by atoms with Crippen molar-refractivity contribution in [1.82, 2.24) is 9.88 Å². The molecule has 2 unspecified atom stereocenters. The Morgan fingerprint density at radius 1 is 1.19 bits per heavy atom. The van der Waals surface area contributed by atoms with Crippen LogP contribution in [0.2, 0.25) is 0 Å². The molecule has 2 saturated heterocycles. The maximum absolute atomic E-state index is 13.1. The van der Waals surface area contributed by atoms with Gasteiger partial charge in [-0.05, 0) is 64.7 Å². The highest BCUT2D eigenvalue weighted by atomic mass is 16.6. The molecular weight excluding hydrogens is 344 g/mol. The maximum atomic E-state index is 13.1. The number of carbonyl (C=O) groups is 2. The molecule has 0 aliphatic carbocycles. The number of hydrogen-bond donors (Lipinski definition) is 0. The molecule has 27 heavy (non-hydrogen) atoms. The Hall–Kier alpha value is -2.37. The zero-order valence-electron chi connectivity index (χ0n) is 16.3. The lowest BCUT2D eigenvalue weighted by atomic mass is 9.85. The van der Waals surface area contributed by atoms with Crippen molar-refractivity contribution >= 4 is 23.0 Å². The van der Waals surface area contributed by atoms with Crippen molar-refractivity contribution < 1.29 is 18.7 Å². The number of nitrogens with zero attached hydrogens (tertiary/aromatic N) is 2. The normalized spacial score (nSPS) is 25.0. The fourth-order valence-corrected chi connectivity index (χ4v) is 4.44. The van der Waals surface area contributed by atoms with Crippen LogP contribution in [0, 0.1) is 12.8 Å². The summed E-state index contributed by atoms with van der Waals surface area (Å²) in [6.07, 6.45) is 3.03. The fourth-order valence-electron chi connectivity index (χ4n) is 4.44. The first-order valence-electron chi connectivity index (χ1n) is 9.64. The van der Waals surface area contributed by atoms with Crippen LogP contribution in [0.4, 0.5) is 4.79 Å². The number of benzene rings is 1. The van der Waals surface area contributed by atoms with E-state index in [9.17, 15) is 9.59 Å². The predicted molar refractivity (Wildman–Crippen MR) is 101 cm³/mol. The van der Waals surface area contributed by atoms with Crippen LogP contribution in [0.15, 0.2) is 22.6 Å². The van der Waals surface area contributed by atoms with E-state index in [0.29, 0.717) is 35.4 Å². The van der Waals surface area contributed by atoms with Gasteiger partial charge >= 0.3 is 6.09 Å². The van der Waals surface area contributed by atoms with Gasteiger partial charge in [0.05, 0.1) is 0 Å². The van der Waals surface area contributed by atoms with Gasteiger partial charge in [-0.15, -0.1) is 0 Å². The Morgan fingerprint density at radius 3 is 2.48 bits per heavy atom. The van der Waals surface area contributed by atoms with Gasteiger partial charge in [0.15, 0.2) is 17.3 Å². The zero-order valence-corrected chi connectivity index (χ0v) is 16.3. The van der Waals surface area contributed by atoms with E-state index in [0.717, 1.165) is 12.8 Å². The molecule has 2 aliphatic heterocycles. The molecule has 3 heterocycles. The Bertz CT molecular complexity index is 881. The Morgan fingerprint density at radius 2 is 1.85 bits per heavy atom. The van der Waals surface area contributed by atoms with E-state index in [1.165, 1.54) is 0 Å². The third kappa shape index (κ3) is 3.45. The highest BCUT2D eigenvalue weighted by molar-refractivity contribution is 6.00. The van der Waals surface area contributed by atoms with E-state index in [1.807, 2.05) is 43.9 Å². The van der Waals surface area contributed by atoms with Gasteiger partial charge in [-0.1, -0.05) is 0 Å². The number of carbonyl (C=O) groups excluding carboxylic acids is 2. The second-order valence-corrected chi connectivity index (χ2v) is 8.72. The maximum Gasteiger partial charge on any atom is 0.410 e. The Kier molecular flexibility index (Phi) is 4.24. The topological polar surface area (TPSA) is 72.6 Å². The summed E-state index contributed by atoms with van der Waals surface area (Å²) < 4.78 is 11.1. The number of Topliss-reactive ketones (excluding diaryl/α,β-unsaturated/α-hetero) is 1. The molecule has 0 saturated carbocycles. The molecule has 144 valence electrons. The number of amides is 1. The molecule has 2 fully saturated rings. The van der Waals surface area contributed by atoms with E-state index >= 15 is 0 Å². The van der Waals surface area contributed by atoms with Crippen LogP contribution in [0.3, 0.4) is 0 Å². The smallest absolute Gasteiger partial charge is 0.410 e. The zero-order chi connectivity index (χ0) is 19.3. The molecule has 2 aromatic rings. The number of aryl methyl sites for hydroxylation is 1. The van der Waals surface area contributed by atoms with Gasteiger partial charge in [0, 0.05) is 30.5 Å². The van der Waals surface area contributed by atoms with Crippen LogP contribution < -0.4 is 0 Å².